The predicted molar refractivity (Wildman–Crippen MR) is 203 cm³/mol. The maximum Gasteiger partial charge on any atom is 0.0726 e. The van der Waals surface area contributed by atoms with Crippen molar-refractivity contribution in [2.75, 3.05) is 4.90 Å². The minimum absolute atomic E-state index is 0.0973. The number of hydrogen-bond donors (Lipinski definition) is 0. The highest BCUT2D eigenvalue weighted by atomic mass is 79.9. The van der Waals surface area contributed by atoms with Crippen molar-refractivity contribution in [2.24, 2.45) is 0 Å². The van der Waals surface area contributed by atoms with Gasteiger partial charge in [0.15, 0.2) is 0 Å². The van der Waals surface area contributed by atoms with Gasteiger partial charge in [-0.05, 0) is 92.0 Å². The van der Waals surface area contributed by atoms with Gasteiger partial charge in [0.2, 0.25) is 0 Å². The SMILES string of the molecule is CC1(C)c2ccccc2-c2c(N(c3ccc(Br)cc3)c3cccc4c3-c3ccccc3C43c4ccccc4-c4ccccc43)cccc21. The van der Waals surface area contributed by atoms with Crippen LogP contribution in [0, 0.1) is 0 Å². The first-order valence-electron chi connectivity index (χ1n) is 16.7. The van der Waals surface area contributed by atoms with Crippen LogP contribution in [0.15, 0.2) is 162 Å². The quantitative estimate of drug-likeness (QED) is 0.180. The molecule has 0 unspecified atom stereocenters. The van der Waals surface area contributed by atoms with E-state index in [0.717, 1.165) is 10.2 Å². The molecule has 0 aromatic heterocycles. The monoisotopic (exact) mass is 677 g/mol. The summed E-state index contributed by atoms with van der Waals surface area (Å²) in [6.45, 7) is 4.72. The summed E-state index contributed by atoms with van der Waals surface area (Å²) in [7, 11) is 0. The summed E-state index contributed by atoms with van der Waals surface area (Å²) >= 11 is 3.72. The maximum atomic E-state index is 3.72. The van der Waals surface area contributed by atoms with Crippen LogP contribution in [0.5, 0.6) is 0 Å². The van der Waals surface area contributed by atoms with E-state index < -0.39 is 5.41 Å². The third-order valence-corrected chi connectivity index (χ3v) is 11.7. The fourth-order valence-electron chi connectivity index (χ4n) is 9.23. The molecule has 0 atom stereocenters. The lowest BCUT2D eigenvalue weighted by atomic mass is 9.70. The van der Waals surface area contributed by atoms with Crippen LogP contribution in [-0.4, -0.2) is 0 Å². The van der Waals surface area contributed by atoms with Crippen molar-refractivity contribution in [2.45, 2.75) is 24.7 Å². The van der Waals surface area contributed by atoms with Crippen LogP contribution < -0.4 is 4.90 Å². The predicted octanol–water partition coefficient (Wildman–Crippen LogP) is 12.6. The van der Waals surface area contributed by atoms with Gasteiger partial charge in [-0.3, -0.25) is 0 Å². The maximum absolute atomic E-state index is 3.72. The standard InChI is InChI=1S/C46H32BrN/c1-45(2)35-17-7-5-15-33(35)43-39(45)21-11-23-41(43)48(30-27-25-29(47)26-28-30)42-24-12-22-40-44(42)34-16-6-10-20-38(34)46(40)36-18-8-3-13-31(36)32-14-4-9-19-37(32)46/h3-28H,1-2H3. The third kappa shape index (κ3) is 3.46. The summed E-state index contributed by atoms with van der Waals surface area (Å²) in [5, 5.41) is 0. The van der Waals surface area contributed by atoms with E-state index in [1.165, 1.54) is 78.1 Å². The second kappa shape index (κ2) is 9.92. The Hall–Kier alpha value is -5.18. The molecule has 228 valence electrons. The van der Waals surface area contributed by atoms with Gasteiger partial charge in [0.05, 0.1) is 16.8 Å². The van der Waals surface area contributed by atoms with Gasteiger partial charge < -0.3 is 4.90 Å². The van der Waals surface area contributed by atoms with E-state index >= 15 is 0 Å². The minimum atomic E-state index is -0.395. The zero-order chi connectivity index (χ0) is 32.2. The lowest BCUT2D eigenvalue weighted by Crippen LogP contribution is -2.26. The molecule has 0 amide bonds. The van der Waals surface area contributed by atoms with Crippen LogP contribution >= 0.6 is 15.9 Å². The highest BCUT2D eigenvalue weighted by Crippen LogP contribution is 2.65. The van der Waals surface area contributed by atoms with Gasteiger partial charge in [-0.15, -0.1) is 0 Å². The van der Waals surface area contributed by atoms with Crippen LogP contribution in [0.25, 0.3) is 33.4 Å². The Morgan fingerprint density at radius 3 is 1.40 bits per heavy atom. The minimum Gasteiger partial charge on any atom is -0.309 e. The van der Waals surface area contributed by atoms with Gasteiger partial charge in [-0.25, -0.2) is 0 Å². The van der Waals surface area contributed by atoms with Gasteiger partial charge in [0, 0.05) is 26.7 Å². The van der Waals surface area contributed by atoms with Gasteiger partial charge in [-0.1, -0.05) is 151 Å². The van der Waals surface area contributed by atoms with Crippen molar-refractivity contribution in [1.29, 1.82) is 0 Å². The summed E-state index contributed by atoms with van der Waals surface area (Å²) in [6.07, 6.45) is 0. The van der Waals surface area contributed by atoms with Gasteiger partial charge >= 0.3 is 0 Å². The molecule has 0 saturated heterocycles. The number of fused-ring (bicyclic) bond motifs is 13. The summed E-state index contributed by atoms with van der Waals surface area (Å²) in [4.78, 5) is 2.52. The third-order valence-electron chi connectivity index (χ3n) is 11.2. The van der Waals surface area contributed by atoms with E-state index in [0.29, 0.717) is 0 Å². The van der Waals surface area contributed by atoms with E-state index in [4.69, 9.17) is 0 Å². The van der Waals surface area contributed by atoms with Crippen molar-refractivity contribution in [3.8, 4) is 33.4 Å². The Balaban J connectivity index is 1.32. The number of benzene rings is 7. The summed E-state index contributed by atoms with van der Waals surface area (Å²) < 4.78 is 1.07. The topological polar surface area (TPSA) is 3.24 Å². The molecule has 0 radical (unpaired) electrons. The highest BCUT2D eigenvalue weighted by Gasteiger charge is 2.52. The van der Waals surface area contributed by atoms with E-state index in [1.807, 2.05) is 0 Å². The Labute approximate surface area is 290 Å². The second-order valence-electron chi connectivity index (χ2n) is 13.8. The number of hydrogen-bond acceptors (Lipinski definition) is 1. The largest absolute Gasteiger partial charge is 0.309 e. The van der Waals surface area contributed by atoms with E-state index in [9.17, 15) is 0 Å². The molecule has 1 spiro atoms. The van der Waals surface area contributed by atoms with Crippen molar-refractivity contribution < 1.29 is 0 Å². The molecule has 3 aliphatic carbocycles. The molecule has 0 aliphatic heterocycles. The van der Waals surface area contributed by atoms with Crippen LogP contribution in [-0.2, 0) is 10.8 Å². The van der Waals surface area contributed by atoms with E-state index in [1.54, 1.807) is 0 Å². The molecule has 0 saturated carbocycles. The molecule has 7 aromatic rings. The molecule has 48 heavy (non-hydrogen) atoms. The number of rotatable bonds is 3. The molecule has 7 aromatic carbocycles. The van der Waals surface area contributed by atoms with E-state index in [2.05, 4.69) is 192 Å². The molecule has 10 rings (SSSR count). The average molecular weight is 679 g/mol. The Kier molecular flexibility index (Phi) is 5.76. The number of halogens is 1. The molecule has 1 nitrogen and oxygen atoms in total. The molecule has 2 heteroatoms. The van der Waals surface area contributed by atoms with Crippen molar-refractivity contribution in [1.82, 2.24) is 0 Å². The van der Waals surface area contributed by atoms with Gasteiger partial charge in [-0.2, -0.15) is 0 Å². The van der Waals surface area contributed by atoms with Gasteiger partial charge in [0.1, 0.15) is 0 Å². The fourth-order valence-corrected chi connectivity index (χ4v) is 9.49. The lowest BCUT2D eigenvalue weighted by molar-refractivity contribution is 0.660. The average Bonchev–Trinajstić information content (AvgIpc) is 3.69. The van der Waals surface area contributed by atoms with Crippen LogP contribution in [0.3, 0.4) is 0 Å². The van der Waals surface area contributed by atoms with Crippen molar-refractivity contribution in [3.05, 3.63) is 196 Å². The van der Waals surface area contributed by atoms with Crippen molar-refractivity contribution >= 4 is 33.0 Å². The number of anilines is 3. The summed E-state index contributed by atoms with van der Waals surface area (Å²) in [5.41, 5.74) is 19.1. The Morgan fingerprint density at radius 2 is 0.812 bits per heavy atom. The van der Waals surface area contributed by atoms with Crippen molar-refractivity contribution in [3.63, 3.8) is 0 Å². The zero-order valence-electron chi connectivity index (χ0n) is 26.8. The number of nitrogens with zero attached hydrogens (tertiary/aromatic N) is 1. The lowest BCUT2D eigenvalue weighted by Gasteiger charge is -2.32. The second-order valence-corrected chi connectivity index (χ2v) is 14.7. The van der Waals surface area contributed by atoms with Crippen LogP contribution in [0.1, 0.15) is 47.2 Å². The Bertz CT molecular complexity index is 2410. The normalized spacial score (nSPS) is 14.9. The molecule has 0 bridgehead atoms. The molecule has 0 heterocycles. The van der Waals surface area contributed by atoms with Crippen LogP contribution in [0.4, 0.5) is 17.1 Å². The fraction of sp³-hybridized carbons (Fsp3) is 0.0870. The Morgan fingerprint density at radius 1 is 0.396 bits per heavy atom. The summed E-state index contributed by atoms with van der Waals surface area (Å²) in [5.74, 6) is 0. The summed E-state index contributed by atoms with van der Waals surface area (Å²) in [6, 6.07) is 58.8. The van der Waals surface area contributed by atoms with E-state index in [-0.39, 0.29) is 5.41 Å². The first-order valence-corrected chi connectivity index (χ1v) is 17.5. The first kappa shape index (κ1) is 27.9. The molecule has 3 aliphatic rings. The van der Waals surface area contributed by atoms with Gasteiger partial charge in [0.25, 0.3) is 0 Å². The zero-order valence-corrected chi connectivity index (χ0v) is 28.4. The van der Waals surface area contributed by atoms with Crippen LogP contribution in [0.2, 0.25) is 0 Å². The molecule has 0 fully saturated rings. The highest BCUT2D eigenvalue weighted by molar-refractivity contribution is 9.10. The smallest absolute Gasteiger partial charge is 0.0726 e. The molecule has 0 N–H and O–H groups in total. The molecular weight excluding hydrogens is 646 g/mol. The molecular formula is C46H32BrN. The first-order chi connectivity index (χ1) is 23.5.